The predicted octanol–water partition coefficient (Wildman–Crippen LogP) is 3.39. The Labute approximate surface area is 197 Å². The van der Waals surface area contributed by atoms with Gasteiger partial charge in [0.25, 0.3) is 0 Å². The summed E-state index contributed by atoms with van der Waals surface area (Å²) in [5.41, 5.74) is 5.02. The van der Waals surface area contributed by atoms with Gasteiger partial charge in [-0.3, -0.25) is 4.90 Å². The van der Waals surface area contributed by atoms with Crippen molar-refractivity contribution in [3.63, 3.8) is 0 Å². The van der Waals surface area contributed by atoms with Crippen molar-refractivity contribution in [2.75, 3.05) is 20.2 Å². The number of carbonyl (C=O) groups excluding carboxylic acids is 2. The molecule has 2 unspecified atom stereocenters. The lowest BCUT2D eigenvalue weighted by atomic mass is 9.76. The zero-order chi connectivity index (χ0) is 24.3. The van der Waals surface area contributed by atoms with Gasteiger partial charge in [-0.25, -0.2) is 9.59 Å². The van der Waals surface area contributed by atoms with Gasteiger partial charge in [0, 0.05) is 13.1 Å². The molecule has 2 atom stereocenters. The summed E-state index contributed by atoms with van der Waals surface area (Å²) in [7, 11) is 1.03. The number of methoxy groups -OCH3 is 1. The second-order valence-corrected chi connectivity index (χ2v) is 9.91. The molecule has 0 radical (unpaired) electrons. The molecule has 2 aliphatic heterocycles. The highest BCUT2D eigenvalue weighted by molar-refractivity contribution is 6.45. The van der Waals surface area contributed by atoms with E-state index in [4.69, 9.17) is 24.5 Å². The van der Waals surface area contributed by atoms with Crippen molar-refractivity contribution in [1.29, 1.82) is 0 Å². The molecule has 0 aromatic heterocycles. The van der Waals surface area contributed by atoms with Crippen molar-refractivity contribution in [3.05, 3.63) is 35.9 Å². The zero-order valence-corrected chi connectivity index (χ0v) is 20.5. The number of esters is 1. The summed E-state index contributed by atoms with van der Waals surface area (Å²) in [6.45, 7) is 8.60. The standard InChI is InChI=1S/C24H37BN2O6/c1-22(2)23(3,4)33-25(32-22)14-9-12-19-13-15-27(24(19,17-26)20(28)30-5)21(29)31-16-18-10-7-6-8-11-18/h6-8,10-11,19H,9,12-17,26H2,1-5H3. The molecule has 0 aliphatic carbocycles. The lowest BCUT2D eigenvalue weighted by Gasteiger charge is -2.38. The smallest absolute Gasteiger partial charge is 0.457 e. The Morgan fingerprint density at radius 3 is 2.36 bits per heavy atom. The van der Waals surface area contributed by atoms with Crippen LogP contribution in [-0.2, 0) is 30.2 Å². The predicted molar refractivity (Wildman–Crippen MR) is 125 cm³/mol. The van der Waals surface area contributed by atoms with E-state index < -0.39 is 17.6 Å². The molecular weight excluding hydrogens is 423 g/mol. The van der Waals surface area contributed by atoms with Crippen LogP contribution in [0.15, 0.2) is 30.3 Å². The first-order chi connectivity index (χ1) is 15.6. The van der Waals surface area contributed by atoms with E-state index >= 15 is 0 Å². The maximum Gasteiger partial charge on any atom is 0.457 e. The van der Waals surface area contributed by atoms with Crippen molar-refractivity contribution in [2.24, 2.45) is 11.7 Å². The molecule has 33 heavy (non-hydrogen) atoms. The molecule has 0 saturated carbocycles. The molecule has 2 fully saturated rings. The molecule has 2 aliphatic rings. The zero-order valence-electron chi connectivity index (χ0n) is 20.5. The van der Waals surface area contributed by atoms with Crippen molar-refractivity contribution in [1.82, 2.24) is 4.90 Å². The van der Waals surface area contributed by atoms with Gasteiger partial charge in [0.15, 0.2) is 5.54 Å². The third-order valence-corrected chi connectivity index (χ3v) is 7.43. The Balaban J connectivity index is 1.65. The topological polar surface area (TPSA) is 100 Å². The van der Waals surface area contributed by atoms with Crippen LogP contribution < -0.4 is 5.73 Å². The van der Waals surface area contributed by atoms with Crippen LogP contribution in [0.3, 0.4) is 0 Å². The first kappa shape index (κ1) is 25.5. The van der Waals surface area contributed by atoms with Crippen molar-refractivity contribution < 1.29 is 28.4 Å². The Morgan fingerprint density at radius 1 is 1.15 bits per heavy atom. The Hall–Kier alpha value is -2.10. The molecule has 1 aromatic carbocycles. The molecule has 182 valence electrons. The molecule has 2 saturated heterocycles. The van der Waals surface area contributed by atoms with E-state index in [-0.39, 0.29) is 37.4 Å². The van der Waals surface area contributed by atoms with Crippen LogP contribution in [0.2, 0.25) is 6.32 Å². The highest BCUT2D eigenvalue weighted by atomic mass is 16.7. The van der Waals surface area contributed by atoms with E-state index in [1.54, 1.807) is 0 Å². The summed E-state index contributed by atoms with van der Waals surface area (Å²) in [6, 6.07) is 9.43. The summed E-state index contributed by atoms with van der Waals surface area (Å²) >= 11 is 0. The van der Waals surface area contributed by atoms with E-state index in [1.807, 2.05) is 58.0 Å². The minimum atomic E-state index is -1.24. The van der Waals surface area contributed by atoms with Crippen LogP contribution in [0.5, 0.6) is 0 Å². The molecule has 0 spiro atoms. The highest BCUT2D eigenvalue weighted by Crippen LogP contribution is 2.41. The number of carbonyl (C=O) groups is 2. The molecule has 8 nitrogen and oxygen atoms in total. The van der Waals surface area contributed by atoms with Gasteiger partial charge in [-0.2, -0.15) is 0 Å². The Kier molecular flexibility index (Phi) is 7.76. The molecule has 2 N–H and O–H groups in total. The summed E-state index contributed by atoms with van der Waals surface area (Å²) in [5, 5.41) is 0. The Bertz CT molecular complexity index is 818. The fourth-order valence-electron chi connectivity index (χ4n) is 4.81. The third kappa shape index (κ3) is 5.05. The molecule has 1 amide bonds. The van der Waals surface area contributed by atoms with Gasteiger partial charge >= 0.3 is 19.2 Å². The van der Waals surface area contributed by atoms with E-state index in [1.165, 1.54) is 12.0 Å². The normalized spacial score (nSPS) is 25.8. The molecule has 1 aromatic rings. The second kappa shape index (κ2) is 10.0. The first-order valence-electron chi connectivity index (χ1n) is 11.7. The number of rotatable bonds is 8. The van der Waals surface area contributed by atoms with Crippen LogP contribution in [0, 0.1) is 5.92 Å². The number of hydrogen-bond acceptors (Lipinski definition) is 7. The number of likely N-dealkylation sites (tertiary alicyclic amines) is 1. The average molecular weight is 460 g/mol. The summed E-state index contributed by atoms with van der Waals surface area (Å²) in [5.74, 6) is -0.638. The minimum Gasteiger partial charge on any atom is -0.467 e. The van der Waals surface area contributed by atoms with Gasteiger partial charge < -0.3 is 24.5 Å². The number of benzene rings is 1. The molecule has 2 heterocycles. The van der Waals surface area contributed by atoms with Gasteiger partial charge in [-0.15, -0.1) is 0 Å². The number of hydrogen-bond donors (Lipinski definition) is 1. The Morgan fingerprint density at radius 2 is 1.79 bits per heavy atom. The van der Waals surface area contributed by atoms with Gasteiger partial charge in [-0.1, -0.05) is 36.8 Å². The molecule has 0 bridgehead atoms. The number of ether oxygens (including phenoxy) is 2. The van der Waals surface area contributed by atoms with Crippen molar-refractivity contribution in [2.45, 2.75) is 76.6 Å². The summed E-state index contributed by atoms with van der Waals surface area (Å²) in [4.78, 5) is 27.4. The minimum absolute atomic E-state index is 0.0265. The monoisotopic (exact) mass is 460 g/mol. The first-order valence-corrected chi connectivity index (χ1v) is 11.7. The van der Waals surface area contributed by atoms with Crippen LogP contribution in [-0.4, -0.2) is 61.0 Å². The molecule has 3 rings (SSSR count). The fraction of sp³-hybridized carbons (Fsp3) is 0.667. The SMILES string of the molecule is COC(=O)C1(CN)C(CCCB2OC(C)(C)C(C)(C)O2)CCN1C(=O)OCc1ccccc1. The van der Waals surface area contributed by atoms with Gasteiger partial charge in [0.2, 0.25) is 0 Å². The highest BCUT2D eigenvalue weighted by Gasteiger charge is 2.57. The number of nitrogens with zero attached hydrogens (tertiary/aromatic N) is 1. The van der Waals surface area contributed by atoms with Gasteiger partial charge in [-0.05, 0) is 58.3 Å². The van der Waals surface area contributed by atoms with Crippen molar-refractivity contribution >= 4 is 19.2 Å². The lowest BCUT2D eigenvalue weighted by molar-refractivity contribution is -0.154. The van der Waals surface area contributed by atoms with Crippen LogP contribution in [0.25, 0.3) is 0 Å². The van der Waals surface area contributed by atoms with E-state index in [0.717, 1.165) is 12.0 Å². The van der Waals surface area contributed by atoms with Crippen LogP contribution in [0.1, 0.15) is 52.5 Å². The van der Waals surface area contributed by atoms with Gasteiger partial charge in [0.05, 0.1) is 18.3 Å². The van der Waals surface area contributed by atoms with Gasteiger partial charge in [0.1, 0.15) is 6.61 Å². The quantitative estimate of drug-likeness (QED) is 0.469. The largest absolute Gasteiger partial charge is 0.467 e. The maximum atomic E-state index is 13.0. The van der Waals surface area contributed by atoms with E-state index in [2.05, 4.69) is 0 Å². The summed E-state index contributed by atoms with van der Waals surface area (Å²) < 4.78 is 22.8. The molecule has 9 heteroatoms. The average Bonchev–Trinajstić information content (AvgIpc) is 3.25. The van der Waals surface area contributed by atoms with E-state index in [0.29, 0.717) is 25.7 Å². The van der Waals surface area contributed by atoms with E-state index in [9.17, 15) is 9.59 Å². The number of nitrogens with two attached hydrogens (primary N) is 1. The second-order valence-electron chi connectivity index (χ2n) is 9.91. The maximum absolute atomic E-state index is 13.0. The van der Waals surface area contributed by atoms with Crippen LogP contribution in [0.4, 0.5) is 4.79 Å². The summed E-state index contributed by atoms with van der Waals surface area (Å²) in [6.07, 6.45) is 2.26. The van der Waals surface area contributed by atoms with Crippen molar-refractivity contribution in [3.8, 4) is 0 Å². The number of amides is 1. The molecular formula is C24H37BN2O6. The van der Waals surface area contributed by atoms with Crippen LogP contribution >= 0.6 is 0 Å². The lowest BCUT2D eigenvalue weighted by Crippen LogP contribution is -2.61. The third-order valence-electron chi connectivity index (χ3n) is 7.43. The fourth-order valence-corrected chi connectivity index (χ4v) is 4.81.